The summed E-state index contributed by atoms with van der Waals surface area (Å²) in [5, 5.41) is 4.91. The summed E-state index contributed by atoms with van der Waals surface area (Å²) < 4.78 is 42.3. The number of nitrogens with zero attached hydrogens (tertiary/aromatic N) is 1. The van der Waals surface area contributed by atoms with Gasteiger partial charge in [-0.3, -0.25) is 9.10 Å². The molecule has 0 spiro atoms. The molecule has 1 N–H and O–H groups in total. The molecule has 1 atom stereocenters. The Morgan fingerprint density at radius 2 is 1.67 bits per heavy atom. The molecule has 9 heteroatoms. The van der Waals surface area contributed by atoms with Crippen molar-refractivity contribution in [1.82, 2.24) is 5.32 Å². The van der Waals surface area contributed by atoms with Crippen molar-refractivity contribution < 1.29 is 27.4 Å². The average Bonchev–Trinajstić information content (AvgIpc) is 2.80. The van der Waals surface area contributed by atoms with Crippen LogP contribution in [0.4, 0.5) is 5.69 Å². The van der Waals surface area contributed by atoms with Gasteiger partial charge in [0.1, 0.15) is 18.4 Å². The number of benzene rings is 3. The number of hydrogen-bond donors (Lipinski definition) is 1. The first-order valence-corrected chi connectivity index (χ1v) is 12.2. The summed E-state index contributed by atoms with van der Waals surface area (Å²) in [6.45, 7) is 1.99. The summed E-state index contributed by atoms with van der Waals surface area (Å²) in [6.07, 6.45) is 1.05. The molecule has 0 radical (unpaired) electrons. The SMILES string of the molecule is COc1ccc(N([C@@H](C)C(=O)NCCOc2ccc3ccccc3c2)S(C)(=O)=O)cc1OC. The van der Waals surface area contributed by atoms with E-state index in [0.717, 1.165) is 21.3 Å². The Hall–Kier alpha value is -3.46. The van der Waals surface area contributed by atoms with E-state index in [9.17, 15) is 13.2 Å². The lowest BCUT2D eigenvalue weighted by atomic mass is 10.1. The highest BCUT2D eigenvalue weighted by atomic mass is 32.2. The van der Waals surface area contributed by atoms with Gasteiger partial charge in [-0.1, -0.05) is 30.3 Å². The minimum Gasteiger partial charge on any atom is -0.493 e. The van der Waals surface area contributed by atoms with Gasteiger partial charge in [0, 0.05) is 6.07 Å². The summed E-state index contributed by atoms with van der Waals surface area (Å²) in [5.74, 6) is 1.06. The molecular formula is C24H28N2O6S. The van der Waals surface area contributed by atoms with E-state index in [0.29, 0.717) is 22.9 Å². The Kier molecular flexibility index (Phi) is 7.65. The molecule has 8 nitrogen and oxygen atoms in total. The third kappa shape index (κ3) is 5.87. The Morgan fingerprint density at radius 3 is 2.33 bits per heavy atom. The fourth-order valence-corrected chi connectivity index (χ4v) is 4.69. The maximum Gasteiger partial charge on any atom is 0.243 e. The first-order chi connectivity index (χ1) is 15.7. The van der Waals surface area contributed by atoms with Crippen LogP contribution in [0, 0.1) is 0 Å². The van der Waals surface area contributed by atoms with Gasteiger partial charge < -0.3 is 19.5 Å². The summed E-state index contributed by atoms with van der Waals surface area (Å²) in [4.78, 5) is 12.7. The van der Waals surface area contributed by atoms with Gasteiger partial charge in [-0.2, -0.15) is 0 Å². The molecule has 0 bridgehead atoms. The van der Waals surface area contributed by atoms with E-state index in [1.807, 2.05) is 42.5 Å². The van der Waals surface area contributed by atoms with Crippen LogP contribution in [0.25, 0.3) is 10.8 Å². The quantitative estimate of drug-likeness (QED) is 0.456. The lowest BCUT2D eigenvalue weighted by Crippen LogP contribution is -2.48. The molecule has 0 saturated heterocycles. The van der Waals surface area contributed by atoms with E-state index in [2.05, 4.69) is 5.32 Å². The molecule has 0 aliphatic carbocycles. The molecular weight excluding hydrogens is 444 g/mol. The van der Waals surface area contributed by atoms with Crippen molar-refractivity contribution in [3.8, 4) is 17.2 Å². The van der Waals surface area contributed by atoms with Crippen LogP contribution in [0.15, 0.2) is 60.7 Å². The van der Waals surface area contributed by atoms with Crippen LogP contribution in [-0.2, 0) is 14.8 Å². The van der Waals surface area contributed by atoms with Crippen molar-refractivity contribution >= 4 is 32.4 Å². The number of anilines is 1. The second-order valence-corrected chi connectivity index (χ2v) is 9.28. The molecule has 3 aromatic carbocycles. The molecule has 3 aromatic rings. The maximum absolute atomic E-state index is 12.7. The number of methoxy groups -OCH3 is 2. The van der Waals surface area contributed by atoms with Gasteiger partial charge in [0.25, 0.3) is 0 Å². The van der Waals surface area contributed by atoms with Crippen LogP contribution >= 0.6 is 0 Å². The zero-order valence-corrected chi connectivity index (χ0v) is 19.9. The molecule has 3 rings (SSSR count). The van der Waals surface area contributed by atoms with E-state index >= 15 is 0 Å². The fraction of sp³-hybridized carbons (Fsp3) is 0.292. The van der Waals surface area contributed by atoms with Crippen LogP contribution < -0.4 is 23.8 Å². The molecule has 0 fully saturated rings. The standard InChI is InChI=1S/C24H28N2O6S/c1-17(26(33(4,28)29)20-10-12-22(30-2)23(16-20)31-3)24(27)25-13-14-32-21-11-9-18-7-5-6-8-19(18)15-21/h5-12,15-17H,13-14H2,1-4H3,(H,25,27)/t17-/m0/s1. The second-order valence-electron chi connectivity index (χ2n) is 7.42. The smallest absolute Gasteiger partial charge is 0.243 e. The topological polar surface area (TPSA) is 94.2 Å². The predicted octanol–water partition coefficient (Wildman–Crippen LogP) is 3.21. The summed E-state index contributed by atoms with van der Waals surface area (Å²) in [5.41, 5.74) is 0.296. The largest absolute Gasteiger partial charge is 0.493 e. The number of hydrogen-bond acceptors (Lipinski definition) is 6. The minimum absolute atomic E-state index is 0.222. The van der Waals surface area contributed by atoms with Crippen molar-refractivity contribution in [3.63, 3.8) is 0 Å². The molecule has 0 heterocycles. The van der Waals surface area contributed by atoms with Crippen molar-refractivity contribution in [1.29, 1.82) is 0 Å². The molecule has 1 amide bonds. The van der Waals surface area contributed by atoms with E-state index in [1.165, 1.54) is 27.2 Å². The second kappa shape index (κ2) is 10.4. The Bertz CT molecular complexity index is 1230. The van der Waals surface area contributed by atoms with Gasteiger partial charge in [0.15, 0.2) is 11.5 Å². The van der Waals surface area contributed by atoms with Crippen LogP contribution in [0.2, 0.25) is 0 Å². The maximum atomic E-state index is 12.7. The number of ether oxygens (including phenoxy) is 3. The zero-order valence-electron chi connectivity index (χ0n) is 19.1. The van der Waals surface area contributed by atoms with Gasteiger partial charge in [-0.05, 0) is 42.0 Å². The van der Waals surface area contributed by atoms with Gasteiger partial charge in [-0.15, -0.1) is 0 Å². The van der Waals surface area contributed by atoms with Crippen molar-refractivity contribution in [2.24, 2.45) is 0 Å². The minimum atomic E-state index is -3.76. The van der Waals surface area contributed by atoms with Crippen molar-refractivity contribution in [2.45, 2.75) is 13.0 Å². The van der Waals surface area contributed by atoms with E-state index < -0.39 is 22.0 Å². The van der Waals surface area contributed by atoms with E-state index in [-0.39, 0.29) is 13.2 Å². The highest BCUT2D eigenvalue weighted by molar-refractivity contribution is 7.92. The van der Waals surface area contributed by atoms with Gasteiger partial charge in [-0.25, -0.2) is 8.42 Å². The molecule has 33 heavy (non-hydrogen) atoms. The first-order valence-electron chi connectivity index (χ1n) is 10.4. The fourth-order valence-electron chi connectivity index (χ4n) is 3.52. The third-order valence-corrected chi connectivity index (χ3v) is 6.34. The number of rotatable bonds is 10. The number of nitrogens with one attached hydrogen (secondary N) is 1. The lowest BCUT2D eigenvalue weighted by Gasteiger charge is -2.28. The van der Waals surface area contributed by atoms with E-state index in [1.54, 1.807) is 12.1 Å². The van der Waals surface area contributed by atoms with Crippen LogP contribution in [0.1, 0.15) is 6.92 Å². The summed E-state index contributed by atoms with van der Waals surface area (Å²) in [7, 11) is -0.812. The van der Waals surface area contributed by atoms with Gasteiger partial charge in [0.2, 0.25) is 15.9 Å². The number of fused-ring (bicyclic) bond motifs is 1. The number of carbonyl (C=O) groups is 1. The molecule has 0 aromatic heterocycles. The van der Waals surface area contributed by atoms with Crippen LogP contribution in [-0.4, -0.2) is 54.0 Å². The lowest BCUT2D eigenvalue weighted by molar-refractivity contribution is -0.121. The molecule has 0 aliphatic rings. The highest BCUT2D eigenvalue weighted by Crippen LogP contribution is 2.33. The van der Waals surface area contributed by atoms with Gasteiger partial charge in [0.05, 0.1) is 32.7 Å². The Morgan fingerprint density at radius 1 is 0.970 bits per heavy atom. The third-order valence-electron chi connectivity index (χ3n) is 5.10. The number of carbonyl (C=O) groups excluding carboxylic acids is 1. The molecule has 176 valence electrons. The van der Waals surface area contributed by atoms with Crippen LogP contribution in [0.5, 0.6) is 17.2 Å². The Balaban J connectivity index is 1.64. The number of amides is 1. The van der Waals surface area contributed by atoms with Crippen molar-refractivity contribution in [2.75, 3.05) is 37.9 Å². The van der Waals surface area contributed by atoms with Gasteiger partial charge >= 0.3 is 0 Å². The average molecular weight is 473 g/mol. The first kappa shape index (κ1) is 24.2. The Labute approximate surface area is 194 Å². The molecule has 0 unspecified atom stereocenters. The predicted molar refractivity (Wildman–Crippen MR) is 129 cm³/mol. The van der Waals surface area contributed by atoms with Crippen molar-refractivity contribution in [3.05, 3.63) is 60.7 Å². The highest BCUT2D eigenvalue weighted by Gasteiger charge is 2.29. The normalized spacial score (nSPS) is 12.1. The molecule has 0 saturated carbocycles. The van der Waals surface area contributed by atoms with Crippen LogP contribution in [0.3, 0.4) is 0 Å². The zero-order chi connectivity index (χ0) is 24.0. The monoisotopic (exact) mass is 472 g/mol. The summed E-state index contributed by atoms with van der Waals surface area (Å²) in [6, 6.07) is 17.4. The summed E-state index contributed by atoms with van der Waals surface area (Å²) >= 11 is 0. The van der Waals surface area contributed by atoms with E-state index in [4.69, 9.17) is 14.2 Å². The number of sulfonamides is 1. The molecule has 0 aliphatic heterocycles.